The number of aliphatic hydroxyl groups excluding tert-OH is 3. The third kappa shape index (κ3) is 3.95. The lowest BCUT2D eigenvalue weighted by Crippen LogP contribution is -2.59. The first-order valence-corrected chi connectivity index (χ1v) is 8.32. The summed E-state index contributed by atoms with van der Waals surface area (Å²) in [4.78, 5) is 19.0. The number of ether oxygens (including phenoxy) is 4. The van der Waals surface area contributed by atoms with Crippen molar-refractivity contribution in [3.8, 4) is 0 Å². The van der Waals surface area contributed by atoms with E-state index in [9.17, 15) is 20.1 Å². The summed E-state index contributed by atoms with van der Waals surface area (Å²) in [6.07, 6.45) is -5.51. The number of imidazole rings is 1. The van der Waals surface area contributed by atoms with Gasteiger partial charge in [-0.15, -0.1) is 0 Å². The number of benzene rings is 1. The van der Waals surface area contributed by atoms with Crippen LogP contribution in [0.3, 0.4) is 0 Å². The van der Waals surface area contributed by atoms with E-state index in [-0.39, 0.29) is 6.61 Å². The maximum Gasteiger partial charge on any atom is 0.337 e. The van der Waals surface area contributed by atoms with Crippen LogP contribution in [0.25, 0.3) is 11.0 Å². The zero-order valence-corrected chi connectivity index (χ0v) is 14.9. The van der Waals surface area contributed by atoms with Gasteiger partial charge in [-0.25, -0.2) is 9.78 Å². The molecule has 4 N–H and O–H groups in total. The summed E-state index contributed by atoms with van der Waals surface area (Å²) in [5.41, 5.74) is 1.62. The van der Waals surface area contributed by atoms with Gasteiger partial charge in [-0.1, -0.05) is 0 Å². The molecule has 1 saturated heterocycles. The summed E-state index contributed by atoms with van der Waals surface area (Å²) in [6.45, 7) is -0.496. The second kappa shape index (κ2) is 8.30. The first-order chi connectivity index (χ1) is 13.0. The monoisotopic (exact) mass is 382 g/mol. The summed E-state index contributed by atoms with van der Waals surface area (Å²) < 4.78 is 20.6. The van der Waals surface area contributed by atoms with E-state index in [0.717, 1.165) is 0 Å². The highest BCUT2D eigenvalue weighted by Gasteiger charge is 2.45. The molecule has 0 amide bonds. The molecule has 148 valence electrons. The van der Waals surface area contributed by atoms with Crippen LogP contribution in [0.15, 0.2) is 18.2 Å². The SMILES string of the molecule is COC(=O)c1ccc2nc(CO[C@H]3[C@@H](O)[C@@H](CO)O[C@@H](OC)[C@@H]3O)[nH]c2c1. The lowest BCUT2D eigenvalue weighted by molar-refractivity contribution is -0.303. The van der Waals surface area contributed by atoms with Crippen LogP contribution in [0.4, 0.5) is 0 Å². The molecule has 1 aromatic carbocycles. The smallest absolute Gasteiger partial charge is 0.337 e. The Labute approximate surface area is 154 Å². The Morgan fingerprint density at radius 3 is 2.74 bits per heavy atom. The number of methoxy groups -OCH3 is 2. The van der Waals surface area contributed by atoms with Crippen molar-refractivity contribution >= 4 is 17.0 Å². The Morgan fingerprint density at radius 1 is 1.30 bits per heavy atom. The van der Waals surface area contributed by atoms with Gasteiger partial charge >= 0.3 is 5.97 Å². The molecule has 10 nitrogen and oxygen atoms in total. The number of fused-ring (bicyclic) bond motifs is 1. The molecule has 0 unspecified atom stereocenters. The van der Waals surface area contributed by atoms with Crippen LogP contribution in [0, 0.1) is 0 Å². The summed E-state index contributed by atoms with van der Waals surface area (Å²) in [6, 6.07) is 4.88. The first kappa shape index (κ1) is 19.7. The van der Waals surface area contributed by atoms with E-state index in [0.29, 0.717) is 22.4 Å². The minimum atomic E-state index is -1.25. The fourth-order valence-corrected chi connectivity index (χ4v) is 3.00. The minimum Gasteiger partial charge on any atom is -0.465 e. The Hall–Kier alpha value is -2.08. The molecule has 10 heteroatoms. The van der Waals surface area contributed by atoms with Crippen molar-refractivity contribution in [2.24, 2.45) is 0 Å². The Balaban J connectivity index is 1.73. The van der Waals surface area contributed by atoms with Crippen LogP contribution in [0.1, 0.15) is 16.2 Å². The summed E-state index contributed by atoms with van der Waals surface area (Å²) in [7, 11) is 2.64. The molecule has 5 atom stereocenters. The van der Waals surface area contributed by atoms with Gasteiger partial charge in [0.25, 0.3) is 0 Å². The van der Waals surface area contributed by atoms with Crippen molar-refractivity contribution in [1.29, 1.82) is 0 Å². The van der Waals surface area contributed by atoms with E-state index in [1.165, 1.54) is 14.2 Å². The highest BCUT2D eigenvalue weighted by Crippen LogP contribution is 2.25. The maximum absolute atomic E-state index is 11.6. The van der Waals surface area contributed by atoms with Crippen LogP contribution in [-0.2, 0) is 25.6 Å². The average Bonchev–Trinajstić information content (AvgIpc) is 3.09. The molecule has 1 fully saturated rings. The van der Waals surface area contributed by atoms with Gasteiger partial charge in [0.15, 0.2) is 6.29 Å². The fourth-order valence-electron chi connectivity index (χ4n) is 3.00. The molecule has 0 radical (unpaired) electrons. The normalized spacial score (nSPS) is 28.4. The number of carbonyl (C=O) groups excluding carboxylic acids is 1. The van der Waals surface area contributed by atoms with Crippen LogP contribution in [0.2, 0.25) is 0 Å². The van der Waals surface area contributed by atoms with E-state index >= 15 is 0 Å². The van der Waals surface area contributed by atoms with Crippen molar-refractivity contribution in [3.63, 3.8) is 0 Å². The number of hydrogen-bond acceptors (Lipinski definition) is 9. The number of hydrogen-bond donors (Lipinski definition) is 4. The van der Waals surface area contributed by atoms with Gasteiger partial charge in [0.2, 0.25) is 0 Å². The molecule has 1 aromatic heterocycles. The molecule has 3 rings (SSSR count). The summed E-state index contributed by atoms with van der Waals surface area (Å²) in [5, 5.41) is 29.8. The number of nitrogens with zero attached hydrogens (tertiary/aromatic N) is 1. The number of H-pyrrole nitrogens is 1. The number of carbonyl (C=O) groups is 1. The third-order valence-electron chi connectivity index (χ3n) is 4.42. The predicted octanol–water partition coefficient (Wildman–Crippen LogP) is -0.680. The zero-order chi connectivity index (χ0) is 19.6. The molecule has 1 aliphatic rings. The van der Waals surface area contributed by atoms with Crippen LogP contribution in [0.5, 0.6) is 0 Å². The van der Waals surface area contributed by atoms with E-state index < -0.39 is 43.3 Å². The fraction of sp³-hybridized carbons (Fsp3) is 0.529. The van der Waals surface area contributed by atoms with Crippen molar-refractivity contribution in [2.75, 3.05) is 20.8 Å². The van der Waals surface area contributed by atoms with E-state index in [1.807, 2.05) is 0 Å². The molecular weight excluding hydrogens is 360 g/mol. The molecule has 2 aromatic rings. The zero-order valence-electron chi connectivity index (χ0n) is 14.9. The van der Waals surface area contributed by atoms with Gasteiger partial charge in [-0.2, -0.15) is 0 Å². The quantitative estimate of drug-likeness (QED) is 0.478. The van der Waals surface area contributed by atoms with Crippen molar-refractivity contribution < 1.29 is 39.1 Å². The van der Waals surface area contributed by atoms with Gasteiger partial charge in [0, 0.05) is 7.11 Å². The molecule has 27 heavy (non-hydrogen) atoms. The largest absolute Gasteiger partial charge is 0.465 e. The number of nitrogens with one attached hydrogen (secondary N) is 1. The Morgan fingerprint density at radius 2 is 2.07 bits per heavy atom. The molecule has 0 saturated carbocycles. The summed E-state index contributed by atoms with van der Waals surface area (Å²) >= 11 is 0. The topological polar surface area (TPSA) is 143 Å². The average molecular weight is 382 g/mol. The van der Waals surface area contributed by atoms with Gasteiger partial charge in [-0.05, 0) is 18.2 Å². The van der Waals surface area contributed by atoms with Crippen molar-refractivity contribution in [3.05, 3.63) is 29.6 Å². The molecule has 1 aliphatic heterocycles. The number of aromatic amines is 1. The van der Waals surface area contributed by atoms with Gasteiger partial charge in [0.1, 0.15) is 36.8 Å². The summed E-state index contributed by atoms with van der Waals surface area (Å²) in [5.74, 6) is -0.0224. The molecule has 0 bridgehead atoms. The molecular formula is C17H22N2O8. The van der Waals surface area contributed by atoms with Gasteiger partial charge in [-0.3, -0.25) is 0 Å². The van der Waals surface area contributed by atoms with E-state index in [4.69, 9.17) is 14.2 Å². The number of rotatable bonds is 6. The van der Waals surface area contributed by atoms with Gasteiger partial charge in [0.05, 0.1) is 30.3 Å². The van der Waals surface area contributed by atoms with Crippen LogP contribution >= 0.6 is 0 Å². The Kier molecular flexibility index (Phi) is 6.05. The van der Waals surface area contributed by atoms with Crippen LogP contribution in [-0.4, -0.2) is 82.8 Å². The predicted molar refractivity (Wildman–Crippen MR) is 90.8 cm³/mol. The molecule has 0 spiro atoms. The molecule has 2 heterocycles. The highest BCUT2D eigenvalue weighted by molar-refractivity contribution is 5.93. The number of aromatic nitrogens is 2. The second-order valence-corrected chi connectivity index (χ2v) is 6.13. The second-order valence-electron chi connectivity index (χ2n) is 6.13. The van der Waals surface area contributed by atoms with E-state index in [1.54, 1.807) is 18.2 Å². The number of aliphatic hydroxyl groups is 3. The lowest BCUT2D eigenvalue weighted by atomic mass is 9.99. The molecule has 0 aliphatic carbocycles. The van der Waals surface area contributed by atoms with Crippen molar-refractivity contribution in [2.45, 2.75) is 37.3 Å². The Bertz CT molecular complexity index is 778. The first-order valence-electron chi connectivity index (χ1n) is 8.32. The highest BCUT2D eigenvalue weighted by atomic mass is 16.7. The van der Waals surface area contributed by atoms with Gasteiger partial charge < -0.3 is 39.3 Å². The minimum absolute atomic E-state index is 0.0460. The standard InChI is InChI=1S/C17H22N2O8/c1-24-16(23)8-3-4-9-10(5-8)19-12(18-9)7-26-15-13(21)11(6-20)27-17(25-2)14(15)22/h3-5,11,13-15,17,20-22H,6-7H2,1-2H3,(H,18,19)/t11-,13+,14-,15+,17-/m1/s1. The van der Waals surface area contributed by atoms with Crippen LogP contribution < -0.4 is 0 Å². The maximum atomic E-state index is 11.6. The third-order valence-corrected chi connectivity index (χ3v) is 4.42. The number of esters is 1. The van der Waals surface area contributed by atoms with E-state index in [2.05, 4.69) is 14.7 Å². The lowest BCUT2D eigenvalue weighted by Gasteiger charge is -2.41. The van der Waals surface area contributed by atoms with Crippen molar-refractivity contribution in [1.82, 2.24) is 9.97 Å².